The SMILES string of the molecule is COc1ccc(NC2CCCC(C)C2)cc1Br. The first-order chi connectivity index (χ1) is 8.19. The Labute approximate surface area is 112 Å². The van der Waals surface area contributed by atoms with Crippen LogP contribution in [0.25, 0.3) is 0 Å². The van der Waals surface area contributed by atoms with Gasteiger partial charge in [-0.1, -0.05) is 19.8 Å². The Bertz CT molecular complexity index is 380. The van der Waals surface area contributed by atoms with Crippen molar-refractivity contribution in [1.29, 1.82) is 0 Å². The van der Waals surface area contributed by atoms with E-state index in [1.54, 1.807) is 7.11 Å². The van der Waals surface area contributed by atoms with Gasteiger partial charge in [-0.3, -0.25) is 0 Å². The van der Waals surface area contributed by atoms with Crippen molar-refractivity contribution in [2.24, 2.45) is 5.92 Å². The highest BCUT2D eigenvalue weighted by molar-refractivity contribution is 9.10. The third-order valence-corrected chi connectivity index (χ3v) is 4.08. The molecule has 1 N–H and O–H groups in total. The van der Waals surface area contributed by atoms with Gasteiger partial charge in [0.25, 0.3) is 0 Å². The van der Waals surface area contributed by atoms with E-state index in [1.807, 2.05) is 6.07 Å². The molecule has 0 radical (unpaired) electrons. The Morgan fingerprint density at radius 2 is 2.18 bits per heavy atom. The molecular weight excluding hydrogens is 278 g/mol. The van der Waals surface area contributed by atoms with Gasteiger partial charge in [0.2, 0.25) is 0 Å². The van der Waals surface area contributed by atoms with Crippen molar-refractivity contribution >= 4 is 21.6 Å². The Hall–Kier alpha value is -0.700. The van der Waals surface area contributed by atoms with Crippen molar-refractivity contribution in [2.45, 2.75) is 38.6 Å². The molecule has 2 nitrogen and oxygen atoms in total. The molecule has 1 aliphatic rings. The van der Waals surface area contributed by atoms with Crippen LogP contribution in [-0.2, 0) is 0 Å². The zero-order valence-electron chi connectivity index (χ0n) is 10.5. The first-order valence-corrected chi connectivity index (χ1v) is 7.08. The summed E-state index contributed by atoms with van der Waals surface area (Å²) in [6.07, 6.45) is 5.29. The van der Waals surface area contributed by atoms with Gasteiger partial charge in [0.15, 0.2) is 0 Å². The molecule has 0 aliphatic heterocycles. The number of hydrogen-bond acceptors (Lipinski definition) is 2. The second-order valence-electron chi connectivity index (χ2n) is 4.96. The Morgan fingerprint density at radius 1 is 1.35 bits per heavy atom. The molecule has 2 unspecified atom stereocenters. The van der Waals surface area contributed by atoms with Crippen LogP contribution in [0.1, 0.15) is 32.6 Å². The molecule has 3 heteroatoms. The predicted octanol–water partition coefficient (Wildman–Crippen LogP) is 4.45. The molecule has 0 saturated heterocycles. The van der Waals surface area contributed by atoms with E-state index in [4.69, 9.17) is 4.74 Å². The number of methoxy groups -OCH3 is 1. The lowest BCUT2D eigenvalue weighted by molar-refractivity contribution is 0.358. The third kappa shape index (κ3) is 3.38. The topological polar surface area (TPSA) is 21.3 Å². The van der Waals surface area contributed by atoms with Crippen LogP contribution < -0.4 is 10.1 Å². The molecule has 1 aromatic rings. The van der Waals surface area contributed by atoms with Crippen LogP contribution in [0.3, 0.4) is 0 Å². The highest BCUT2D eigenvalue weighted by Crippen LogP contribution is 2.30. The minimum atomic E-state index is 0.624. The molecule has 0 aromatic heterocycles. The zero-order valence-corrected chi connectivity index (χ0v) is 12.1. The maximum absolute atomic E-state index is 5.23. The lowest BCUT2D eigenvalue weighted by atomic mass is 9.87. The van der Waals surface area contributed by atoms with Gasteiger partial charge in [-0.25, -0.2) is 0 Å². The molecule has 1 saturated carbocycles. The quantitative estimate of drug-likeness (QED) is 0.890. The molecule has 17 heavy (non-hydrogen) atoms. The van der Waals surface area contributed by atoms with E-state index in [-0.39, 0.29) is 0 Å². The fourth-order valence-corrected chi connectivity index (χ4v) is 3.10. The van der Waals surface area contributed by atoms with Crippen LogP contribution >= 0.6 is 15.9 Å². The molecule has 1 aromatic carbocycles. The number of rotatable bonds is 3. The third-order valence-electron chi connectivity index (χ3n) is 3.46. The number of hydrogen-bond donors (Lipinski definition) is 1. The smallest absolute Gasteiger partial charge is 0.133 e. The Kier molecular flexibility index (Phi) is 4.32. The van der Waals surface area contributed by atoms with Crippen molar-refractivity contribution in [1.82, 2.24) is 0 Å². The van der Waals surface area contributed by atoms with Crippen LogP contribution in [0.4, 0.5) is 5.69 Å². The highest BCUT2D eigenvalue weighted by Gasteiger charge is 2.18. The molecule has 2 atom stereocenters. The van der Waals surface area contributed by atoms with E-state index >= 15 is 0 Å². The van der Waals surface area contributed by atoms with Crippen LogP contribution in [0, 0.1) is 5.92 Å². The van der Waals surface area contributed by atoms with Gasteiger partial charge in [0, 0.05) is 11.7 Å². The van der Waals surface area contributed by atoms with Gasteiger partial charge in [-0.2, -0.15) is 0 Å². The summed E-state index contributed by atoms with van der Waals surface area (Å²) in [6.45, 7) is 2.35. The number of nitrogens with one attached hydrogen (secondary N) is 1. The van der Waals surface area contributed by atoms with E-state index in [2.05, 4.69) is 40.3 Å². The predicted molar refractivity (Wildman–Crippen MR) is 75.7 cm³/mol. The van der Waals surface area contributed by atoms with Crippen molar-refractivity contribution in [2.75, 3.05) is 12.4 Å². The van der Waals surface area contributed by atoms with Crippen LogP contribution in [-0.4, -0.2) is 13.2 Å². The van der Waals surface area contributed by atoms with Gasteiger partial charge in [-0.15, -0.1) is 0 Å². The first kappa shape index (κ1) is 12.7. The summed E-state index contributed by atoms with van der Waals surface area (Å²) in [4.78, 5) is 0. The molecular formula is C14H20BrNO. The van der Waals surface area contributed by atoms with Gasteiger partial charge < -0.3 is 10.1 Å². The lowest BCUT2D eigenvalue weighted by Crippen LogP contribution is -2.26. The summed E-state index contributed by atoms with van der Waals surface area (Å²) >= 11 is 3.52. The van der Waals surface area contributed by atoms with E-state index in [0.29, 0.717) is 6.04 Å². The monoisotopic (exact) mass is 297 g/mol. The molecule has 0 amide bonds. The maximum atomic E-state index is 5.23. The van der Waals surface area contributed by atoms with Gasteiger partial charge >= 0.3 is 0 Å². The first-order valence-electron chi connectivity index (χ1n) is 6.29. The fraction of sp³-hybridized carbons (Fsp3) is 0.571. The second kappa shape index (κ2) is 5.76. The zero-order chi connectivity index (χ0) is 12.3. The van der Waals surface area contributed by atoms with E-state index in [0.717, 1.165) is 16.1 Å². The molecule has 1 fully saturated rings. The van der Waals surface area contributed by atoms with Gasteiger partial charge in [0.1, 0.15) is 5.75 Å². The van der Waals surface area contributed by atoms with Crippen molar-refractivity contribution in [3.8, 4) is 5.75 Å². The molecule has 0 bridgehead atoms. The summed E-state index contributed by atoms with van der Waals surface area (Å²) in [7, 11) is 1.69. The molecule has 1 aliphatic carbocycles. The average molecular weight is 298 g/mol. The standard InChI is InChI=1S/C14H20BrNO/c1-10-4-3-5-11(8-10)16-12-6-7-14(17-2)13(15)9-12/h6-7,9-11,16H,3-5,8H2,1-2H3. The summed E-state index contributed by atoms with van der Waals surface area (Å²) in [5, 5.41) is 3.62. The Balaban J connectivity index is 2.00. The van der Waals surface area contributed by atoms with Crippen LogP contribution in [0.2, 0.25) is 0 Å². The normalized spacial score (nSPS) is 24.4. The van der Waals surface area contributed by atoms with E-state index < -0.39 is 0 Å². The fourth-order valence-electron chi connectivity index (χ4n) is 2.56. The number of ether oxygens (including phenoxy) is 1. The summed E-state index contributed by atoms with van der Waals surface area (Å²) in [6, 6.07) is 6.80. The van der Waals surface area contributed by atoms with Gasteiger partial charge in [-0.05, 0) is 52.9 Å². The maximum Gasteiger partial charge on any atom is 0.133 e. The van der Waals surface area contributed by atoms with Crippen LogP contribution in [0.15, 0.2) is 22.7 Å². The van der Waals surface area contributed by atoms with E-state index in [1.165, 1.54) is 31.4 Å². The number of benzene rings is 1. The molecule has 0 heterocycles. The Morgan fingerprint density at radius 3 is 2.82 bits per heavy atom. The van der Waals surface area contributed by atoms with Crippen molar-refractivity contribution < 1.29 is 4.74 Å². The summed E-state index contributed by atoms with van der Waals surface area (Å²) in [5.74, 6) is 1.73. The van der Waals surface area contributed by atoms with Gasteiger partial charge in [0.05, 0.1) is 11.6 Å². The number of halogens is 1. The molecule has 94 valence electrons. The number of anilines is 1. The minimum Gasteiger partial charge on any atom is -0.496 e. The minimum absolute atomic E-state index is 0.624. The van der Waals surface area contributed by atoms with Crippen LogP contribution in [0.5, 0.6) is 5.75 Å². The highest BCUT2D eigenvalue weighted by atomic mass is 79.9. The van der Waals surface area contributed by atoms with Crippen molar-refractivity contribution in [3.05, 3.63) is 22.7 Å². The lowest BCUT2D eigenvalue weighted by Gasteiger charge is -2.28. The molecule has 2 rings (SSSR count). The second-order valence-corrected chi connectivity index (χ2v) is 5.82. The molecule has 0 spiro atoms. The van der Waals surface area contributed by atoms with E-state index in [9.17, 15) is 0 Å². The summed E-state index contributed by atoms with van der Waals surface area (Å²) < 4.78 is 6.24. The van der Waals surface area contributed by atoms with Crippen molar-refractivity contribution in [3.63, 3.8) is 0 Å². The largest absolute Gasteiger partial charge is 0.496 e. The average Bonchev–Trinajstić information content (AvgIpc) is 2.29. The summed E-state index contributed by atoms with van der Waals surface area (Å²) in [5.41, 5.74) is 1.18.